The quantitative estimate of drug-likeness (QED) is 0.700. The van der Waals surface area contributed by atoms with Gasteiger partial charge in [0, 0.05) is 25.1 Å². The van der Waals surface area contributed by atoms with Crippen LogP contribution in [-0.4, -0.2) is 52.3 Å². The molecule has 1 aromatic carbocycles. The lowest BCUT2D eigenvalue weighted by atomic mass is 10.1. The molecule has 1 saturated heterocycles. The average Bonchev–Trinajstić information content (AvgIpc) is 3.08. The number of pyridine rings is 1. The van der Waals surface area contributed by atoms with Crippen molar-refractivity contribution in [3.05, 3.63) is 41.2 Å². The van der Waals surface area contributed by atoms with Crippen molar-refractivity contribution in [2.75, 3.05) is 31.2 Å². The molecule has 1 aliphatic rings. The number of fused-ring (bicyclic) bond motifs is 1. The van der Waals surface area contributed by atoms with E-state index < -0.39 is 5.97 Å². The van der Waals surface area contributed by atoms with Crippen molar-refractivity contribution in [1.29, 1.82) is 0 Å². The second-order valence-electron chi connectivity index (χ2n) is 6.41. The number of rotatable bonds is 5. The van der Waals surface area contributed by atoms with Crippen LogP contribution in [0.1, 0.15) is 12.2 Å². The van der Waals surface area contributed by atoms with Gasteiger partial charge in [-0.1, -0.05) is 17.7 Å². The summed E-state index contributed by atoms with van der Waals surface area (Å²) in [4.78, 5) is 25.3. The number of ether oxygens (including phenoxy) is 1. The standard InChI is InChI=1S/C19H19ClN4O3/c20-13-11-16-15(21-17(22-16)4-5-19(25)26)10-12(13)14-2-1-3-18(23-14)24-6-8-27-9-7-24/h1-3,10-11H,4-9H2,(H,21,22)(H,25,26). The Morgan fingerprint density at radius 2 is 2.07 bits per heavy atom. The molecule has 7 nitrogen and oxygen atoms in total. The Morgan fingerprint density at radius 1 is 1.26 bits per heavy atom. The van der Waals surface area contributed by atoms with E-state index in [1.807, 2.05) is 30.3 Å². The van der Waals surface area contributed by atoms with Crippen LogP contribution >= 0.6 is 11.6 Å². The fourth-order valence-electron chi connectivity index (χ4n) is 3.17. The monoisotopic (exact) mass is 386 g/mol. The van der Waals surface area contributed by atoms with E-state index >= 15 is 0 Å². The minimum absolute atomic E-state index is 0.0313. The maximum Gasteiger partial charge on any atom is 0.303 e. The van der Waals surface area contributed by atoms with E-state index in [9.17, 15) is 4.79 Å². The van der Waals surface area contributed by atoms with Gasteiger partial charge in [0.15, 0.2) is 0 Å². The van der Waals surface area contributed by atoms with Gasteiger partial charge in [-0.05, 0) is 24.3 Å². The summed E-state index contributed by atoms with van der Waals surface area (Å²) in [5.41, 5.74) is 3.11. The first-order valence-corrected chi connectivity index (χ1v) is 9.18. The van der Waals surface area contributed by atoms with Crippen LogP contribution in [0.3, 0.4) is 0 Å². The number of nitrogens with zero attached hydrogens (tertiary/aromatic N) is 3. The maximum atomic E-state index is 10.8. The van der Waals surface area contributed by atoms with Gasteiger partial charge in [-0.15, -0.1) is 0 Å². The SMILES string of the molecule is O=C(O)CCc1nc2cc(-c3cccc(N4CCOCC4)n3)c(Cl)cc2[nH]1. The molecule has 0 atom stereocenters. The molecule has 0 saturated carbocycles. The Balaban J connectivity index is 1.66. The van der Waals surface area contributed by atoms with E-state index in [-0.39, 0.29) is 6.42 Å². The van der Waals surface area contributed by atoms with Crippen LogP contribution in [0.15, 0.2) is 30.3 Å². The van der Waals surface area contributed by atoms with Gasteiger partial charge in [-0.3, -0.25) is 4.79 Å². The lowest BCUT2D eigenvalue weighted by Crippen LogP contribution is -2.36. The van der Waals surface area contributed by atoms with Gasteiger partial charge < -0.3 is 19.7 Å². The van der Waals surface area contributed by atoms with Crippen molar-refractivity contribution in [2.24, 2.45) is 0 Å². The van der Waals surface area contributed by atoms with E-state index in [0.717, 1.165) is 41.2 Å². The normalized spacial score (nSPS) is 14.6. The number of anilines is 1. The predicted molar refractivity (Wildman–Crippen MR) is 103 cm³/mol. The lowest BCUT2D eigenvalue weighted by Gasteiger charge is -2.28. The molecule has 0 aliphatic carbocycles. The van der Waals surface area contributed by atoms with E-state index in [0.29, 0.717) is 30.5 Å². The smallest absolute Gasteiger partial charge is 0.303 e. The zero-order valence-corrected chi connectivity index (χ0v) is 15.4. The number of morpholine rings is 1. The van der Waals surface area contributed by atoms with E-state index in [1.165, 1.54) is 0 Å². The maximum absolute atomic E-state index is 10.8. The highest BCUT2D eigenvalue weighted by atomic mass is 35.5. The summed E-state index contributed by atoms with van der Waals surface area (Å²) < 4.78 is 5.40. The number of carbonyl (C=O) groups is 1. The Hall–Kier alpha value is -2.64. The highest BCUT2D eigenvalue weighted by molar-refractivity contribution is 6.34. The molecule has 0 amide bonds. The molecular weight excluding hydrogens is 368 g/mol. The number of carboxylic acid groups (broad SMARTS) is 1. The number of carboxylic acids is 1. The Kier molecular flexibility index (Phi) is 4.96. The summed E-state index contributed by atoms with van der Waals surface area (Å²) in [6.45, 7) is 3.03. The van der Waals surface area contributed by atoms with Crippen LogP contribution < -0.4 is 4.90 Å². The fourth-order valence-corrected chi connectivity index (χ4v) is 3.43. The first-order chi connectivity index (χ1) is 13.1. The highest BCUT2D eigenvalue weighted by Gasteiger charge is 2.15. The third-order valence-electron chi connectivity index (χ3n) is 4.54. The van der Waals surface area contributed by atoms with Crippen LogP contribution in [0, 0.1) is 0 Å². The van der Waals surface area contributed by atoms with Gasteiger partial charge >= 0.3 is 5.97 Å². The molecule has 3 aromatic rings. The molecule has 1 aliphatic heterocycles. The third kappa shape index (κ3) is 3.89. The number of hydrogen-bond acceptors (Lipinski definition) is 5. The molecule has 8 heteroatoms. The molecule has 4 rings (SSSR count). The summed E-state index contributed by atoms with van der Waals surface area (Å²) in [7, 11) is 0. The number of aryl methyl sites for hydroxylation is 1. The van der Waals surface area contributed by atoms with Gasteiger partial charge in [-0.2, -0.15) is 0 Å². The molecule has 3 heterocycles. The van der Waals surface area contributed by atoms with Crippen molar-refractivity contribution >= 4 is 34.4 Å². The van der Waals surface area contributed by atoms with Gasteiger partial charge in [0.05, 0.1) is 41.4 Å². The number of H-pyrrole nitrogens is 1. The van der Waals surface area contributed by atoms with Crippen LogP contribution in [-0.2, 0) is 16.0 Å². The number of aromatic amines is 1. The fraction of sp³-hybridized carbons (Fsp3) is 0.316. The minimum atomic E-state index is -0.849. The Labute approximate surface area is 160 Å². The van der Waals surface area contributed by atoms with Crippen LogP contribution in [0.25, 0.3) is 22.3 Å². The molecule has 2 N–H and O–H groups in total. The number of aromatic nitrogens is 3. The molecule has 0 spiro atoms. The van der Waals surface area contributed by atoms with Crippen molar-refractivity contribution in [2.45, 2.75) is 12.8 Å². The summed E-state index contributed by atoms with van der Waals surface area (Å²) in [6.07, 6.45) is 0.380. The summed E-state index contributed by atoms with van der Waals surface area (Å²) in [5, 5.41) is 9.41. The zero-order chi connectivity index (χ0) is 18.8. The first kappa shape index (κ1) is 17.8. The third-order valence-corrected chi connectivity index (χ3v) is 4.85. The largest absolute Gasteiger partial charge is 0.481 e. The number of nitrogens with one attached hydrogen (secondary N) is 1. The first-order valence-electron chi connectivity index (χ1n) is 8.80. The van der Waals surface area contributed by atoms with Crippen LogP contribution in [0.2, 0.25) is 5.02 Å². The minimum Gasteiger partial charge on any atom is -0.481 e. The van der Waals surface area contributed by atoms with Crippen molar-refractivity contribution in [3.63, 3.8) is 0 Å². The predicted octanol–water partition coefficient (Wildman–Crippen LogP) is 3.13. The average molecular weight is 387 g/mol. The van der Waals surface area contributed by atoms with Gasteiger partial charge in [-0.25, -0.2) is 9.97 Å². The van der Waals surface area contributed by atoms with E-state index in [1.54, 1.807) is 0 Å². The van der Waals surface area contributed by atoms with Crippen molar-refractivity contribution in [1.82, 2.24) is 15.0 Å². The van der Waals surface area contributed by atoms with Crippen molar-refractivity contribution < 1.29 is 14.6 Å². The molecule has 140 valence electrons. The Bertz CT molecular complexity index is 982. The number of imidazole rings is 1. The van der Waals surface area contributed by atoms with E-state index in [4.69, 9.17) is 26.4 Å². The van der Waals surface area contributed by atoms with Gasteiger partial charge in [0.25, 0.3) is 0 Å². The zero-order valence-electron chi connectivity index (χ0n) is 14.6. The number of halogens is 1. The van der Waals surface area contributed by atoms with Crippen LogP contribution in [0.4, 0.5) is 5.82 Å². The molecule has 0 unspecified atom stereocenters. The highest BCUT2D eigenvalue weighted by Crippen LogP contribution is 2.31. The van der Waals surface area contributed by atoms with Crippen molar-refractivity contribution in [3.8, 4) is 11.3 Å². The lowest BCUT2D eigenvalue weighted by molar-refractivity contribution is -0.137. The second-order valence-corrected chi connectivity index (χ2v) is 6.81. The second kappa shape index (κ2) is 7.54. The van der Waals surface area contributed by atoms with Crippen LogP contribution in [0.5, 0.6) is 0 Å². The van der Waals surface area contributed by atoms with E-state index in [2.05, 4.69) is 14.9 Å². The Morgan fingerprint density at radius 3 is 2.85 bits per heavy atom. The topological polar surface area (TPSA) is 91.3 Å². The molecule has 2 aromatic heterocycles. The molecule has 1 fully saturated rings. The summed E-state index contributed by atoms with van der Waals surface area (Å²) in [5.74, 6) is 0.685. The number of hydrogen-bond donors (Lipinski definition) is 2. The number of benzene rings is 1. The molecule has 0 radical (unpaired) electrons. The summed E-state index contributed by atoms with van der Waals surface area (Å²) >= 11 is 6.50. The molecule has 0 bridgehead atoms. The number of aliphatic carboxylic acids is 1. The van der Waals surface area contributed by atoms with Gasteiger partial charge in [0.2, 0.25) is 0 Å². The molecular formula is C19H19ClN4O3. The van der Waals surface area contributed by atoms with Gasteiger partial charge in [0.1, 0.15) is 11.6 Å². The summed E-state index contributed by atoms with van der Waals surface area (Å²) in [6, 6.07) is 9.59. The molecule has 27 heavy (non-hydrogen) atoms.